The first-order valence-corrected chi connectivity index (χ1v) is 4.57. The van der Waals surface area contributed by atoms with E-state index in [2.05, 4.69) is 9.37 Å². The van der Waals surface area contributed by atoms with Crippen molar-refractivity contribution in [2.75, 3.05) is 11.5 Å². The minimum absolute atomic E-state index is 0.117. The van der Waals surface area contributed by atoms with Crippen molar-refractivity contribution < 1.29 is 27.6 Å². The van der Waals surface area contributed by atoms with E-state index in [9.17, 15) is 13.0 Å². The maximum Gasteiger partial charge on any atom is 0.0954 e. The molecule has 6 nitrogen and oxygen atoms in total. The maximum atomic E-state index is 9.85. The second-order valence-electron chi connectivity index (χ2n) is 1.22. The van der Waals surface area contributed by atoms with Crippen LogP contribution in [0.4, 0.5) is 0 Å². The van der Waals surface area contributed by atoms with E-state index in [-0.39, 0.29) is 5.75 Å². The van der Waals surface area contributed by atoms with Crippen LogP contribution in [0.25, 0.3) is 0 Å². The molecule has 0 aliphatic heterocycles. The van der Waals surface area contributed by atoms with E-state index in [1.165, 1.54) is 0 Å². The molecule has 62 valence electrons. The number of hydrogen-bond acceptors (Lipinski definition) is 7. The summed E-state index contributed by atoms with van der Waals surface area (Å²) >= 11 is 0.466. The van der Waals surface area contributed by atoms with Gasteiger partial charge in [-0.05, 0) is 0 Å². The number of rotatable bonds is 5. The summed E-state index contributed by atoms with van der Waals surface area (Å²) in [5.41, 5.74) is 0. The van der Waals surface area contributed by atoms with Crippen LogP contribution in [-0.4, -0.2) is 24.5 Å². The first-order chi connectivity index (χ1) is 4.56. The van der Waals surface area contributed by atoms with Gasteiger partial charge in [-0.15, -0.1) is 0 Å². The Morgan fingerprint density at radius 1 is 1.50 bits per heavy atom. The lowest BCUT2D eigenvalue weighted by Gasteiger charge is -2.06. The van der Waals surface area contributed by atoms with Crippen LogP contribution in [-0.2, 0) is 19.5 Å². The second-order valence-corrected chi connectivity index (χ2v) is 3.52. The van der Waals surface area contributed by atoms with Crippen LogP contribution in [0.15, 0.2) is 0 Å². The molecule has 0 radical (unpaired) electrons. The van der Waals surface area contributed by atoms with Crippen LogP contribution in [0.2, 0.25) is 0 Å². The lowest BCUT2D eigenvalue weighted by Crippen LogP contribution is -2.08. The monoisotopic (exact) mass is 188 g/mol. The highest BCUT2D eigenvalue weighted by Gasteiger charge is 1.94. The van der Waals surface area contributed by atoms with Gasteiger partial charge in [-0.3, -0.25) is 5.04 Å². The highest BCUT2D eigenvalue weighted by Crippen LogP contribution is 2.01. The van der Waals surface area contributed by atoms with Gasteiger partial charge in [0.25, 0.3) is 0 Å². The minimum atomic E-state index is -4.21. The summed E-state index contributed by atoms with van der Waals surface area (Å²) in [6.45, 7) is 0. The minimum Gasteiger partial charge on any atom is -0.748 e. The summed E-state index contributed by atoms with van der Waals surface area (Å²) in [6.07, 6.45) is 0. The van der Waals surface area contributed by atoms with Crippen LogP contribution in [0.3, 0.4) is 0 Å². The molecule has 0 aromatic carbocycles. The molecule has 0 unspecified atom stereocenters. The third-order valence-corrected chi connectivity index (χ3v) is 1.98. The SMILES string of the molecule is O=S(=O)([O-])CCSOO[O-]. The Morgan fingerprint density at radius 2 is 2.10 bits per heavy atom. The Bertz CT molecular complexity index is 161. The van der Waals surface area contributed by atoms with Gasteiger partial charge in [-0.1, -0.05) is 0 Å². The van der Waals surface area contributed by atoms with Gasteiger partial charge in [0, 0.05) is 23.5 Å². The molecule has 0 aliphatic rings. The zero-order valence-corrected chi connectivity index (χ0v) is 6.31. The molecule has 0 amide bonds. The summed E-state index contributed by atoms with van der Waals surface area (Å²) in [4.78, 5) is 0. The summed E-state index contributed by atoms with van der Waals surface area (Å²) in [7, 11) is -4.21. The van der Waals surface area contributed by atoms with Crippen molar-refractivity contribution in [1.82, 2.24) is 0 Å². The van der Waals surface area contributed by atoms with Gasteiger partial charge in [0.05, 0.1) is 10.1 Å². The zero-order chi connectivity index (χ0) is 8.04. The van der Waals surface area contributed by atoms with E-state index < -0.39 is 15.9 Å². The highest BCUT2D eigenvalue weighted by atomic mass is 32.2. The zero-order valence-electron chi connectivity index (χ0n) is 4.68. The molecule has 0 aliphatic carbocycles. The molecular weight excluding hydrogens is 184 g/mol. The first-order valence-electron chi connectivity index (χ1n) is 2.08. The Morgan fingerprint density at radius 3 is 2.50 bits per heavy atom. The van der Waals surface area contributed by atoms with E-state index >= 15 is 0 Å². The Kier molecular flexibility index (Phi) is 4.95. The molecule has 0 bridgehead atoms. The van der Waals surface area contributed by atoms with Gasteiger partial charge in [0.2, 0.25) is 0 Å². The fourth-order valence-corrected chi connectivity index (χ4v) is 1.39. The number of hydrogen-bond donors (Lipinski definition) is 0. The molecule has 0 saturated carbocycles. The van der Waals surface area contributed by atoms with Gasteiger partial charge >= 0.3 is 0 Å². The molecular formula is C2H4O6S2-2. The van der Waals surface area contributed by atoms with Crippen molar-refractivity contribution >= 4 is 22.2 Å². The van der Waals surface area contributed by atoms with E-state index in [1.54, 1.807) is 0 Å². The Balaban J connectivity index is 3.21. The van der Waals surface area contributed by atoms with Gasteiger partial charge in [0.1, 0.15) is 0 Å². The van der Waals surface area contributed by atoms with E-state index in [0.29, 0.717) is 12.0 Å². The molecule has 0 rings (SSSR count). The average Bonchev–Trinajstić information content (AvgIpc) is 1.78. The van der Waals surface area contributed by atoms with E-state index in [4.69, 9.17) is 5.26 Å². The summed E-state index contributed by atoms with van der Waals surface area (Å²) in [5.74, 6) is -0.699. The molecule has 0 atom stereocenters. The fraction of sp³-hybridized carbons (Fsp3) is 1.00. The maximum absolute atomic E-state index is 9.85. The standard InChI is InChI=1S/C2H6O6S2/c3-7-8-9-1-2-10(4,5)6/h3H,1-2H2,(H,4,5,6)/p-2. The summed E-state index contributed by atoms with van der Waals surface area (Å²) in [6, 6.07) is 0. The lowest BCUT2D eigenvalue weighted by atomic mass is 11.0. The van der Waals surface area contributed by atoms with Gasteiger partial charge in [-0.25, -0.2) is 8.42 Å². The molecule has 0 saturated heterocycles. The molecule has 0 aromatic heterocycles. The van der Waals surface area contributed by atoms with Crippen molar-refractivity contribution in [2.24, 2.45) is 0 Å². The van der Waals surface area contributed by atoms with Gasteiger partial charge in [0.15, 0.2) is 0 Å². The Hall–Kier alpha value is 0.140. The lowest BCUT2D eigenvalue weighted by molar-refractivity contribution is -0.777. The Labute approximate surface area is 61.9 Å². The van der Waals surface area contributed by atoms with Crippen molar-refractivity contribution in [1.29, 1.82) is 0 Å². The van der Waals surface area contributed by atoms with Gasteiger partial charge < -0.3 is 9.81 Å². The molecule has 0 spiro atoms. The van der Waals surface area contributed by atoms with Crippen molar-refractivity contribution in [2.45, 2.75) is 0 Å². The highest BCUT2D eigenvalue weighted by molar-refractivity contribution is 7.95. The second kappa shape index (κ2) is 4.88. The van der Waals surface area contributed by atoms with Crippen molar-refractivity contribution in [3.8, 4) is 0 Å². The van der Waals surface area contributed by atoms with E-state index in [1.807, 2.05) is 0 Å². The van der Waals surface area contributed by atoms with Crippen LogP contribution >= 0.6 is 12.0 Å². The quantitative estimate of drug-likeness (QED) is 0.168. The van der Waals surface area contributed by atoms with Crippen LogP contribution in [0.5, 0.6) is 0 Å². The van der Waals surface area contributed by atoms with E-state index in [0.717, 1.165) is 0 Å². The van der Waals surface area contributed by atoms with Crippen LogP contribution in [0, 0.1) is 0 Å². The van der Waals surface area contributed by atoms with Crippen molar-refractivity contribution in [3.05, 3.63) is 0 Å². The molecule has 0 aromatic rings. The molecule has 0 heterocycles. The third-order valence-electron chi connectivity index (χ3n) is 0.493. The topological polar surface area (TPSA) is 98.7 Å². The summed E-state index contributed by atoms with van der Waals surface area (Å²) in [5, 5.41) is 12.0. The molecule has 8 heteroatoms. The van der Waals surface area contributed by atoms with Gasteiger partial charge in [-0.2, -0.15) is 4.33 Å². The third kappa shape index (κ3) is 8.14. The first kappa shape index (κ1) is 10.1. The summed E-state index contributed by atoms with van der Waals surface area (Å²) < 4.78 is 33.2. The largest absolute Gasteiger partial charge is 0.748 e. The van der Waals surface area contributed by atoms with Crippen molar-refractivity contribution in [3.63, 3.8) is 0 Å². The van der Waals surface area contributed by atoms with Crippen LogP contribution in [0.1, 0.15) is 0 Å². The normalized spacial score (nSPS) is 11.8. The molecule has 0 N–H and O–H groups in total. The predicted molar refractivity (Wildman–Crippen MR) is 29.2 cm³/mol. The van der Waals surface area contributed by atoms with Crippen LogP contribution < -0.4 is 5.26 Å². The molecule has 0 fully saturated rings. The smallest absolute Gasteiger partial charge is 0.0954 e. The molecule has 10 heavy (non-hydrogen) atoms. The predicted octanol–water partition coefficient (Wildman–Crippen LogP) is -1.60. The average molecular weight is 188 g/mol. The fourth-order valence-electron chi connectivity index (χ4n) is 0.190.